The second-order valence-electron chi connectivity index (χ2n) is 7.53. The Bertz CT molecular complexity index is 864. The Kier molecular flexibility index (Phi) is 6.36. The van der Waals surface area contributed by atoms with Crippen LogP contribution in [0.2, 0.25) is 0 Å². The zero-order valence-corrected chi connectivity index (χ0v) is 18.1. The van der Waals surface area contributed by atoms with E-state index in [1.54, 1.807) is 19.2 Å². The lowest BCUT2D eigenvalue weighted by Gasteiger charge is -2.31. The van der Waals surface area contributed by atoms with Crippen LogP contribution in [0.5, 0.6) is 0 Å². The Morgan fingerprint density at radius 1 is 1.25 bits per heavy atom. The van der Waals surface area contributed by atoms with E-state index in [2.05, 4.69) is 5.32 Å². The molecule has 3 rings (SSSR count). The molecule has 1 atom stereocenters. The fourth-order valence-corrected chi connectivity index (χ4v) is 5.79. The number of carbonyl (C=O) groups excluding carboxylic acids is 2. The highest BCUT2D eigenvalue weighted by Gasteiger charge is 2.34. The van der Waals surface area contributed by atoms with Gasteiger partial charge in [0, 0.05) is 38.5 Å². The van der Waals surface area contributed by atoms with Gasteiger partial charge in [0.25, 0.3) is 0 Å². The molecule has 1 N–H and O–H groups in total. The number of nitrogens with zero attached hydrogens (tertiary/aromatic N) is 2. The lowest BCUT2D eigenvalue weighted by Crippen LogP contribution is -2.43. The number of carbonyl (C=O) groups is 2. The van der Waals surface area contributed by atoms with E-state index in [0.717, 1.165) is 34.9 Å². The van der Waals surface area contributed by atoms with Crippen LogP contribution in [-0.4, -0.2) is 57.0 Å². The van der Waals surface area contributed by atoms with E-state index in [9.17, 15) is 18.0 Å². The van der Waals surface area contributed by atoms with E-state index in [-0.39, 0.29) is 29.2 Å². The van der Waals surface area contributed by atoms with Gasteiger partial charge in [0.1, 0.15) is 0 Å². The summed E-state index contributed by atoms with van der Waals surface area (Å²) in [5, 5.41) is 2.56. The highest BCUT2D eigenvalue weighted by molar-refractivity contribution is 8.01. The molecule has 28 heavy (non-hydrogen) atoms. The molecule has 1 aliphatic heterocycles. The maximum absolute atomic E-state index is 12.8. The summed E-state index contributed by atoms with van der Waals surface area (Å²) in [6.45, 7) is 0. The summed E-state index contributed by atoms with van der Waals surface area (Å²) in [5.41, 5.74) is 0.557. The van der Waals surface area contributed by atoms with Gasteiger partial charge in [-0.1, -0.05) is 19.3 Å². The molecule has 0 radical (unpaired) electrons. The minimum absolute atomic E-state index is 0.0959. The minimum atomic E-state index is -3.58. The molecule has 1 aliphatic carbocycles. The maximum atomic E-state index is 12.8. The molecule has 1 aromatic carbocycles. The third kappa shape index (κ3) is 4.36. The number of hydrogen-bond donors (Lipinski definition) is 1. The van der Waals surface area contributed by atoms with Crippen molar-refractivity contribution in [1.29, 1.82) is 0 Å². The van der Waals surface area contributed by atoms with Crippen LogP contribution in [0.1, 0.15) is 38.5 Å². The molecule has 0 unspecified atom stereocenters. The Balaban J connectivity index is 1.74. The molecule has 0 aromatic heterocycles. The fourth-order valence-electron chi connectivity index (χ4n) is 3.60. The van der Waals surface area contributed by atoms with Gasteiger partial charge in [-0.3, -0.25) is 9.59 Å². The van der Waals surface area contributed by atoms with Crippen LogP contribution in [0.4, 0.5) is 5.69 Å². The van der Waals surface area contributed by atoms with E-state index in [0.29, 0.717) is 5.69 Å². The second-order valence-corrected chi connectivity index (χ2v) is 10.9. The van der Waals surface area contributed by atoms with Crippen molar-refractivity contribution in [3.05, 3.63) is 18.2 Å². The number of hydrogen-bond acceptors (Lipinski definition) is 5. The third-order valence-electron chi connectivity index (χ3n) is 5.29. The van der Waals surface area contributed by atoms with Crippen LogP contribution in [0.3, 0.4) is 0 Å². The molecule has 1 saturated carbocycles. The molecule has 1 fully saturated rings. The van der Waals surface area contributed by atoms with Gasteiger partial charge in [0.15, 0.2) is 0 Å². The number of nitrogens with one attached hydrogen (secondary N) is 1. The predicted octanol–water partition coefficient (Wildman–Crippen LogP) is 2.21. The zero-order chi connectivity index (χ0) is 20.5. The Morgan fingerprint density at radius 3 is 2.57 bits per heavy atom. The van der Waals surface area contributed by atoms with Crippen molar-refractivity contribution in [3.63, 3.8) is 0 Å². The summed E-state index contributed by atoms with van der Waals surface area (Å²) in [6, 6.07) is 5.00. The monoisotopic (exact) mass is 425 g/mol. The number of rotatable bonds is 5. The molecule has 154 valence electrons. The molecule has 2 aliphatic rings. The van der Waals surface area contributed by atoms with Gasteiger partial charge < -0.3 is 10.2 Å². The summed E-state index contributed by atoms with van der Waals surface area (Å²) in [6.07, 6.45) is 5.62. The van der Waals surface area contributed by atoms with Gasteiger partial charge in [-0.15, -0.1) is 11.8 Å². The van der Waals surface area contributed by atoms with Crippen molar-refractivity contribution in [2.45, 2.75) is 59.6 Å². The van der Waals surface area contributed by atoms with Crippen LogP contribution in [0.15, 0.2) is 28.0 Å². The van der Waals surface area contributed by atoms with Gasteiger partial charge >= 0.3 is 0 Å². The van der Waals surface area contributed by atoms with E-state index in [4.69, 9.17) is 0 Å². The summed E-state index contributed by atoms with van der Waals surface area (Å²) >= 11 is 1.33. The standard InChI is InChI=1S/C19H27N3O4S2/c1-21(2)28(25,26)14-9-10-16-15(11-14)22(3)19(24)17(27-16)12-18(23)20-13-7-5-4-6-8-13/h9-11,13,17H,4-8,12H2,1-3H3,(H,20,23)/t17-/m0/s1. The summed E-state index contributed by atoms with van der Waals surface area (Å²) < 4.78 is 25.9. The number of anilines is 1. The van der Waals surface area contributed by atoms with Crippen molar-refractivity contribution in [1.82, 2.24) is 9.62 Å². The molecule has 0 bridgehead atoms. The lowest BCUT2D eigenvalue weighted by molar-refractivity contribution is -0.125. The first-order valence-electron chi connectivity index (χ1n) is 9.50. The summed E-state index contributed by atoms with van der Waals surface area (Å²) in [4.78, 5) is 27.6. The minimum Gasteiger partial charge on any atom is -0.353 e. The Hall–Kier alpha value is -1.58. The highest BCUT2D eigenvalue weighted by Crippen LogP contribution is 2.41. The second kappa shape index (κ2) is 8.42. The lowest BCUT2D eigenvalue weighted by atomic mass is 9.95. The van der Waals surface area contributed by atoms with E-state index in [1.165, 1.54) is 43.2 Å². The van der Waals surface area contributed by atoms with Gasteiger partial charge in [-0.05, 0) is 31.0 Å². The van der Waals surface area contributed by atoms with Crippen molar-refractivity contribution < 1.29 is 18.0 Å². The van der Waals surface area contributed by atoms with Gasteiger partial charge in [-0.25, -0.2) is 12.7 Å². The summed E-state index contributed by atoms with van der Waals surface area (Å²) in [7, 11) is 0.989. The highest BCUT2D eigenvalue weighted by atomic mass is 32.2. The molecular weight excluding hydrogens is 398 g/mol. The average molecular weight is 426 g/mol. The van der Waals surface area contributed by atoms with Crippen LogP contribution in [0, 0.1) is 0 Å². The number of fused-ring (bicyclic) bond motifs is 1. The van der Waals surface area contributed by atoms with E-state index < -0.39 is 15.3 Å². The molecule has 1 heterocycles. The van der Waals surface area contributed by atoms with E-state index >= 15 is 0 Å². The number of sulfonamides is 1. The van der Waals surface area contributed by atoms with Crippen molar-refractivity contribution in [3.8, 4) is 0 Å². The largest absolute Gasteiger partial charge is 0.353 e. The normalized spacial score (nSPS) is 20.9. The molecule has 1 aromatic rings. The first kappa shape index (κ1) is 21.1. The number of thioether (sulfide) groups is 1. The van der Waals surface area contributed by atoms with Crippen LogP contribution in [0.25, 0.3) is 0 Å². The quantitative estimate of drug-likeness (QED) is 0.782. The van der Waals surface area contributed by atoms with Gasteiger partial charge in [0.2, 0.25) is 21.8 Å². The number of benzene rings is 1. The topological polar surface area (TPSA) is 86.8 Å². The SMILES string of the molecule is CN1C(=O)[C@H](CC(=O)NC2CCCCC2)Sc2ccc(S(=O)(=O)N(C)C)cc21. The fraction of sp³-hybridized carbons (Fsp3) is 0.579. The van der Waals surface area contributed by atoms with Crippen LogP contribution >= 0.6 is 11.8 Å². The zero-order valence-electron chi connectivity index (χ0n) is 16.5. The van der Waals surface area contributed by atoms with Crippen molar-refractivity contribution in [2.24, 2.45) is 0 Å². The molecular formula is C19H27N3O4S2. The van der Waals surface area contributed by atoms with Gasteiger partial charge in [-0.2, -0.15) is 0 Å². The first-order valence-corrected chi connectivity index (χ1v) is 11.8. The van der Waals surface area contributed by atoms with Crippen LogP contribution in [-0.2, 0) is 19.6 Å². The molecule has 7 nitrogen and oxygen atoms in total. The molecule has 0 saturated heterocycles. The molecule has 0 spiro atoms. The molecule has 9 heteroatoms. The molecule has 2 amide bonds. The average Bonchev–Trinajstić information content (AvgIpc) is 2.66. The predicted molar refractivity (Wildman–Crippen MR) is 110 cm³/mol. The van der Waals surface area contributed by atoms with Crippen molar-refractivity contribution >= 4 is 39.3 Å². The smallest absolute Gasteiger partial charge is 0.242 e. The Labute approximate surface area is 170 Å². The van der Waals surface area contributed by atoms with E-state index in [1.807, 2.05) is 0 Å². The van der Waals surface area contributed by atoms with Crippen molar-refractivity contribution in [2.75, 3.05) is 26.0 Å². The third-order valence-corrected chi connectivity index (χ3v) is 8.35. The Morgan fingerprint density at radius 2 is 1.93 bits per heavy atom. The number of amides is 2. The van der Waals surface area contributed by atoms with Gasteiger partial charge in [0.05, 0.1) is 15.8 Å². The first-order chi connectivity index (χ1) is 13.2. The van der Waals surface area contributed by atoms with Crippen LogP contribution < -0.4 is 10.2 Å². The summed E-state index contributed by atoms with van der Waals surface area (Å²) in [5.74, 6) is -0.280. The maximum Gasteiger partial charge on any atom is 0.242 e.